The Morgan fingerprint density at radius 1 is 1.15 bits per heavy atom. The van der Waals surface area contributed by atoms with Crippen LogP contribution in [0.25, 0.3) is 0 Å². The summed E-state index contributed by atoms with van der Waals surface area (Å²) in [6, 6.07) is 7.60. The number of amides is 2. The van der Waals surface area contributed by atoms with E-state index in [0.717, 1.165) is 24.3 Å². The molecule has 2 heterocycles. The van der Waals surface area contributed by atoms with Crippen LogP contribution in [0.3, 0.4) is 0 Å². The van der Waals surface area contributed by atoms with Crippen LogP contribution in [0.15, 0.2) is 59.6 Å². The number of hydrogen-bond donors (Lipinski definition) is 2. The van der Waals surface area contributed by atoms with Crippen LogP contribution in [0.2, 0.25) is 0 Å². The first-order valence-corrected chi connectivity index (χ1v) is 11.2. The van der Waals surface area contributed by atoms with Gasteiger partial charge in [0, 0.05) is 29.6 Å². The van der Waals surface area contributed by atoms with E-state index in [1.54, 1.807) is 0 Å². The number of benzene rings is 2. The van der Waals surface area contributed by atoms with Gasteiger partial charge in [0.2, 0.25) is 5.91 Å². The number of anilines is 1. The van der Waals surface area contributed by atoms with E-state index in [9.17, 15) is 31.2 Å². The summed E-state index contributed by atoms with van der Waals surface area (Å²) in [6.45, 7) is 3.83. The van der Waals surface area contributed by atoms with Crippen LogP contribution < -0.4 is 14.8 Å². The highest BCUT2D eigenvalue weighted by atomic mass is 32.2. The van der Waals surface area contributed by atoms with Gasteiger partial charge in [-0.25, -0.2) is 8.42 Å². The maximum absolute atomic E-state index is 12.8. The molecular weight excluding hydrogens is 463 g/mol. The van der Waals surface area contributed by atoms with Gasteiger partial charge >= 0.3 is 6.36 Å². The summed E-state index contributed by atoms with van der Waals surface area (Å²) >= 11 is 0. The first kappa shape index (κ1) is 22.6. The predicted molar refractivity (Wildman–Crippen MR) is 111 cm³/mol. The molecule has 33 heavy (non-hydrogen) atoms. The van der Waals surface area contributed by atoms with Crippen molar-refractivity contribution in [3.8, 4) is 5.75 Å². The molecule has 1 saturated heterocycles. The third kappa shape index (κ3) is 4.80. The number of halogens is 3. The van der Waals surface area contributed by atoms with Gasteiger partial charge in [-0.05, 0) is 48.7 Å². The number of allylic oxidation sites excluding steroid dienone is 1. The Balaban J connectivity index is 1.53. The maximum Gasteiger partial charge on any atom is 0.573 e. The molecule has 8 nitrogen and oxygen atoms in total. The normalized spacial score (nSPS) is 18.7. The Labute approximate surface area is 187 Å². The second-order valence-electron chi connectivity index (χ2n) is 7.58. The smallest absolute Gasteiger partial charge is 0.406 e. The number of piperidine rings is 1. The number of hydrogen-bond acceptors (Lipinski definition) is 5. The zero-order chi connectivity index (χ0) is 24.0. The molecule has 12 heteroatoms. The van der Waals surface area contributed by atoms with Crippen molar-refractivity contribution in [2.24, 2.45) is 0 Å². The monoisotopic (exact) mass is 481 g/mol. The van der Waals surface area contributed by atoms with Crippen molar-refractivity contribution >= 4 is 27.5 Å². The van der Waals surface area contributed by atoms with Crippen molar-refractivity contribution in [3.05, 3.63) is 65.9 Å². The number of rotatable bonds is 5. The van der Waals surface area contributed by atoms with Crippen molar-refractivity contribution < 1.29 is 35.9 Å². The molecule has 0 saturated carbocycles. The minimum absolute atomic E-state index is 0.114. The van der Waals surface area contributed by atoms with E-state index in [1.165, 1.54) is 23.1 Å². The number of carbonyl (C=O) groups is 2. The molecule has 0 bridgehead atoms. The number of nitrogens with one attached hydrogen (secondary N) is 2. The summed E-state index contributed by atoms with van der Waals surface area (Å²) in [5.74, 6) is -1.34. The van der Waals surface area contributed by atoms with E-state index in [1.807, 2.05) is 0 Å². The number of nitrogens with zero attached hydrogens (tertiary/aromatic N) is 1. The summed E-state index contributed by atoms with van der Waals surface area (Å²) < 4.78 is 68.7. The van der Waals surface area contributed by atoms with E-state index < -0.39 is 33.1 Å². The zero-order valence-electron chi connectivity index (χ0n) is 17.0. The molecule has 2 aliphatic heterocycles. The van der Waals surface area contributed by atoms with Gasteiger partial charge in [0.25, 0.3) is 15.9 Å². The quantitative estimate of drug-likeness (QED) is 0.683. The minimum atomic E-state index is -4.96. The lowest BCUT2D eigenvalue weighted by molar-refractivity contribution is -0.274. The summed E-state index contributed by atoms with van der Waals surface area (Å²) in [4.78, 5) is 26.0. The average Bonchev–Trinajstić information content (AvgIpc) is 3.02. The van der Waals surface area contributed by atoms with E-state index in [2.05, 4.69) is 21.4 Å². The molecule has 0 spiro atoms. The van der Waals surface area contributed by atoms with Gasteiger partial charge in [0.15, 0.2) is 0 Å². The number of sulfonamides is 1. The number of alkyl halides is 3. The molecule has 4 rings (SSSR count). The fourth-order valence-electron chi connectivity index (χ4n) is 3.77. The summed E-state index contributed by atoms with van der Waals surface area (Å²) in [7, 11) is -4.24. The van der Waals surface area contributed by atoms with Crippen LogP contribution >= 0.6 is 0 Å². The van der Waals surface area contributed by atoms with E-state index >= 15 is 0 Å². The fraction of sp³-hybridized carbons (Fsp3) is 0.238. The minimum Gasteiger partial charge on any atom is -0.406 e. The highest BCUT2D eigenvalue weighted by Gasteiger charge is 2.38. The summed E-state index contributed by atoms with van der Waals surface area (Å²) in [5, 5.41) is 2.63. The molecule has 2 N–H and O–H groups in total. The van der Waals surface area contributed by atoms with Crippen LogP contribution in [-0.4, -0.2) is 37.5 Å². The number of fused-ring (bicyclic) bond motifs is 1. The van der Waals surface area contributed by atoms with Crippen molar-refractivity contribution in [1.82, 2.24) is 10.2 Å². The Bertz CT molecular complexity index is 1260. The second-order valence-corrected chi connectivity index (χ2v) is 9.26. The predicted octanol–water partition coefficient (Wildman–Crippen LogP) is 3.13. The zero-order valence-corrected chi connectivity index (χ0v) is 17.8. The lowest BCUT2D eigenvalue weighted by Gasteiger charge is -2.30. The standard InChI is InChI=1S/C21H18F3N3O5S/c1-12-5-8-18(19(28)25-12)27-11-13-9-14(6-7-17(13)20(27)29)26-33(30,31)16-4-2-3-15(10-16)32-21(22,23)24/h2-4,6-7,9-10,18,26H,1,5,8,11H2,(H,25,28). The van der Waals surface area contributed by atoms with E-state index in [4.69, 9.17) is 0 Å². The second kappa shape index (κ2) is 8.10. The Hall–Kier alpha value is -3.54. The van der Waals surface area contributed by atoms with Gasteiger partial charge in [0.1, 0.15) is 11.8 Å². The number of ether oxygens (including phenoxy) is 1. The third-order valence-corrected chi connectivity index (χ3v) is 6.62. The van der Waals surface area contributed by atoms with Crippen LogP contribution in [0.5, 0.6) is 5.75 Å². The van der Waals surface area contributed by atoms with Gasteiger partial charge in [-0.15, -0.1) is 13.2 Å². The van der Waals surface area contributed by atoms with Crippen molar-refractivity contribution in [2.45, 2.75) is 36.7 Å². The molecule has 2 aromatic rings. The van der Waals surface area contributed by atoms with E-state index in [0.29, 0.717) is 29.7 Å². The highest BCUT2D eigenvalue weighted by Crippen LogP contribution is 2.31. The molecule has 2 amide bonds. The molecule has 2 aliphatic rings. The van der Waals surface area contributed by atoms with Crippen molar-refractivity contribution in [1.29, 1.82) is 0 Å². The molecule has 0 aliphatic carbocycles. The molecular formula is C21H18F3N3O5S. The van der Waals surface area contributed by atoms with Gasteiger partial charge in [-0.1, -0.05) is 12.6 Å². The Morgan fingerprint density at radius 2 is 1.91 bits per heavy atom. The van der Waals surface area contributed by atoms with Crippen LogP contribution in [-0.2, 0) is 21.4 Å². The van der Waals surface area contributed by atoms with Crippen molar-refractivity contribution in [2.75, 3.05) is 4.72 Å². The molecule has 0 aromatic heterocycles. The third-order valence-electron chi connectivity index (χ3n) is 5.24. The SMILES string of the molecule is C=C1CCC(N2Cc3cc(NS(=O)(=O)c4cccc(OC(F)(F)F)c4)ccc3C2=O)C(=O)N1. The molecule has 0 radical (unpaired) electrons. The molecule has 1 fully saturated rings. The van der Waals surface area contributed by atoms with Crippen LogP contribution in [0, 0.1) is 0 Å². The van der Waals surface area contributed by atoms with Gasteiger partial charge < -0.3 is 15.0 Å². The highest BCUT2D eigenvalue weighted by molar-refractivity contribution is 7.92. The average molecular weight is 481 g/mol. The van der Waals surface area contributed by atoms with Gasteiger partial charge in [0.05, 0.1) is 4.90 Å². The lowest BCUT2D eigenvalue weighted by Crippen LogP contribution is -2.49. The van der Waals surface area contributed by atoms with E-state index in [-0.39, 0.29) is 24.0 Å². The first-order chi connectivity index (χ1) is 15.4. The van der Waals surface area contributed by atoms with Gasteiger partial charge in [-0.2, -0.15) is 0 Å². The Kier molecular flexibility index (Phi) is 5.56. The molecule has 1 unspecified atom stereocenters. The van der Waals surface area contributed by atoms with Gasteiger partial charge in [-0.3, -0.25) is 14.3 Å². The topological polar surface area (TPSA) is 105 Å². The molecule has 174 valence electrons. The van der Waals surface area contributed by atoms with Crippen molar-refractivity contribution in [3.63, 3.8) is 0 Å². The summed E-state index contributed by atoms with van der Waals surface area (Å²) in [6.07, 6.45) is -3.99. The largest absolute Gasteiger partial charge is 0.573 e. The molecule has 1 atom stereocenters. The maximum atomic E-state index is 12.8. The fourth-order valence-corrected chi connectivity index (χ4v) is 4.85. The molecule has 2 aromatic carbocycles. The summed E-state index contributed by atoms with van der Waals surface area (Å²) in [5.41, 5.74) is 1.57. The van der Waals surface area contributed by atoms with Crippen LogP contribution in [0.4, 0.5) is 18.9 Å². The Morgan fingerprint density at radius 3 is 2.61 bits per heavy atom. The van der Waals surface area contributed by atoms with Crippen LogP contribution in [0.1, 0.15) is 28.8 Å². The lowest BCUT2D eigenvalue weighted by atomic mass is 10.0. The first-order valence-electron chi connectivity index (χ1n) is 9.74. The number of carbonyl (C=O) groups excluding carboxylic acids is 2.